The van der Waals surface area contributed by atoms with Crippen molar-refractivity contribution in [2.45, 2.75) is 57.1 Å². The van der Waals surface area contributed by atoms with Gasteiger partial charge in [0.1, 0.15) is 0 Å². The molecule has 0 aliphatic carbocycles. The Hall–Kier alpha value is -3.86. The van der Waals surface area contributed by atoms with Crippen LogP contribution in [-0.4, -0.2) is 30.7 Å². The Bertz CT molecular complexity index is 1600. The molecule has 1 aromatic heterocycles. The average molecular weight is 574 g/mol. The second kappa shape index (κ2) is 12.1. The SMILES string of the molecule is CCCCOC(=O)NS(=O)(=O)c1ccc(CCC)cc1-c1ccc(Cn2c(C(F)(F)F)nc3ccccc32)cc1. The molecule has 4 rings (SSSR count). The van der Waals surface area contributed by atoms with Gasteiger partial charge in [0.25, 0.3) is 10.0 Å². The molecule has 7 nitrogen and oxygen atoms in total. The molecule has 0 atom stereocenters. The van der Waals surface area contributed by atoms with Crippen LogP contribution < -0.4 is 4.72 Å². The molecule has 4 aromatic rings. The number of para-hydroxylation sites is 2. The number of unbranched alkanes of at least 4 members (excludes halogenated alkanes) is 1. The van der Waals surface area contributed by atoms with Crippen molar-refractivity contribution in [1.29, 1.82) is 0 Å². The summed E-state index contributed by atoms with van der Waals surface area (Å²) in [6, 6.07) is 17.9. The van der Waals surface area contributed by atoms with Crippen molar-refractivity contribution in [3.05, 3.63) is 83.7 Å². The van der Waals surface area contributed by atoms with Gasteiger partial charge in [0.2, 0.25) is 5.82 Å². The minimum absolute atomic E-state index is 0.0815. The monoisotopic (exact) mass is 573 g/mol. The molecule has 11 heteroatoms. The molecule has 0 saturated heterocycles. The van der Waals surface area contributed by atoms with Gasteiger partial charge < -0.3 is 9.30 Å². The Morgan fingerprint density at radius 1 is 0.975 bits per heavy atom. The summed E-state index contributed by atoms with van der Waals surface area (Å²) in [6.07, 6.45) is -2.74. The standard InChI is InChI=1S/C29H30F3N3O4S/c1-3-5-17-39-28(36)34-40(37,38)26-16-13-20(8-4-2)18-23(26)22-14-11-21(12-15-22)19-35-25-10-7-6-9-24(25)33-27(35)29(30,31)32/h6-7,9-16,18H,3-5,8,17,19H2,1-2H3,(H,34,36). The first-order chi connectivity index (χ1) is 19.0. The summed E-state index contributed by atoms with van der Waals surface area (Å²) in [7, 11) is -4.27. The van der Waals surface area contributed by atoms with E-state index in [1.54, 1.807) is 54.6 Å². The summed E-state index contributed by atoms with van der Waals surface area (Å²) in [5.74, 6) is -0.990. The third kappa shape index (κ3) is 6.64. The second-order valence-electron chi connectivity index (χ2n) is 9.38. The topological polar surface area (TPSA) is 90.3 Å². The van der Waals surface area contributed by atoms with Crippen molar-refractivity contribution in [1.82, 2.24) is 14.3 Å². The largest absolute Gasteiger partial charge is 0.449 e. The number of benzene rings is 3. The summed E-state index contributed by atoms with van der Waals surface area (Å²) < 4.78 is 75.5. The van der Waals surface area contributed by atoms with Gasteiger partial charge in [-0.2, -0.15) is 13.2 Å². The number of alkyl halides is 3. The van der Waals surface area contributed by atoms with Crippen LogP contribution in [0, 0.1) is 0 Å². The number of hydrogen-bond acceptors (Lipinski definition) is 5. The third-order valence-electron chi connectivity index (χ3n) is 6.33. The molecule has 0 unspecified atom stereocenters. The molecule has 0 radical (unpaired) electrons. The smallest absolute Gasteiger partial charge is 0.449 e. The van der Waals surface area contributed by atoms with E-state index in [4.69, 9.17) is 4.74 Å². The molecule has 212 valence electrons. The number of hydrogen-bond donors (Lipinski definition) is 1. The fraction of sp³-hybridized carbons (Fsp3) is 0.310. The number of halogens is 3. The Labute approximate surface area is 231 Å². The van der Waals surface area contributed by atoms with Gasteiger partial charge in [0.05, 0.1) is 22.5 Å². The Kier molecular flexibility index (Phi) is 8.82. The number of rotatable bonds is 10. The molecule has 0 bridgehead atoms. The van der Waals surface area contributed by atoms with E-state index in [1.807, 2.05) is 18.6 Å². The zero-order valence-electron chi connectivity index (χ0n) is 22.2. The van der Waals surface area contributed by atoms with E-state index in [9.17, 15) is 26.4 Å². The van der Waals surface area contributed by atoms with Gasteiger partial charge >= 0.3 is 12.3 Å². The molecule has 1 heterocycles. The highest BCUT2D eigenvalue weighted by molar-refractivity contribution is 7.90. The van der Waals surface area contributed by atoms with E-state index < -0.39 is 28.1 Å². The first kappa shape index (κ1) is 29.1. The van der Waals surface area contributed by atoms with Crippen LogP contribution >= 0.6 is 0 Å². The van der Waals surface area contributed by atoms with E-state index in [1.165, 1.54) is 12.1 Å². The van der Waals surface area contributed by atoms with Crippen LogP contribution in [0.5, 0.6) is 0 Å². The number of sulfonamides is 1. The highest BCUT2D eigenvalue weighted by atomic mass is 32.2. The molecule has 3 aromatic carbocycles. The van der Waals surface area contributed by atoms with Gasteiger partial charge in [-0.3, -0.25) is 0 Å². The number of carbonyl (C=O) groups is 1. The van der Waals surface area contributed by atoms with E-state index in [0.29, 0.717) is 35.0 Å². The average Bonchev–Trinajstić information content (AvgIpc) is 3.28. The maximum absolute atomic E-state index is 13.7. The minimum atomic E-state index is -4.63. The van der Waals surface area contributed by atoms with Gasteiger partial charge in [-0.05, 0) is 53.8 Å². The number of nitrogens with zero attached hydrogens (tertiary/aromatic N) is 2. The summed E-state index contributed by atoms with van der Waals surface area (Å²) in [4.78, 5) is 15.8. The molecule has 0 saturated carbocycles. The fourth-order valence-corrected chi connectivity index (χ4v) is 5.51. The lowest BCUT2D eigenvalue weighted by Gasteiger charge is -2.15. The number of ether oxygens (including phenoxy) is 1. The zero-order chi connectivity index (χ0) is 28.9. The molecule has 0 fully saturated rings. The Morgan fingerprint density at radius 2 is 1.68 bits per heavy atom. The Balaban J connectivity index is 1.67. The van der Waals surface area contributed by atoms with E-state index in [2.05, 4.69) is 4.98 Å². The molecular weight excluding hydrogens is 543 g/mol. The van der Waals surface area contributed by atoms with Crippen LogP contribution in [0.4, 0.5) is 18.0 Å². The maximum Gasteiger partial charge on any atom is 0.449 e. The molecule has 0 aliphatic heterocycles. The van der Waals surface area contributed by atoms with E-state index in [0.717, 1.165) is 23.0 Å². The van der Waals surface area contributed by atoms with Crippen LogP contribution in [0.15, 0.2) is 71.6 Å². The number of aryl methyl sites for hydroxylation is 1. The van der Waals surface area contributed by atoms with Crippen molar-refractivity contribution >= 4 is 27.1 Å². The summed E-state index contributed by atoms with van der Waals surface area (Å²) in [5.41, 5.74) is 2.99. The van der Waals surface area contributed by atoms with Gasteiger partial charge in [-0.1, -0.05) is 69.2 Å². The molecule has 1 N–H and O–H groups in total. The van der Waals surface area contributed by atoms with Crippen molar-refractivity contribution in [3.8, 4) is 11.1 Å². The lowest BCUT2D eigenvalue weighted by molar-refractivity contribution is -0.146. The normalized spacial score (nSPS) is 12.0. The van der Waals surface area contributed by atoms with Crippen LogP contribution in [0.1, 0.15) is 50.1 Å². The predicted octanol–water partition coefficient (Wildman–Crippen LogP) is 6.94. The lowest BCUT2D eigenvalue weighted by Crippen LogP contribution is -2.31. The van der Waals surface area contributed by atoms with Crippen molar-refractivity contribution in [3.63, 3.8) is 0 Å². The van der Waals surface area contributed by atoms with Crippen molar-refractivity contribution in [2.24, 2.45) is 0 Å². The summed E-state index contributed by atoms with van der Waals surface area (Å²) in [5, 5.41) is 0. The molecule has 1 amide bonds. The van der Waals surface area contributed by atoms with Crippen LogP contribution in [-0.2, 0) is 33.9 Å². The Morgan fingerprint density at radius 3 is 2.35 bits per heavy atom. The zero-order valence-corrected chi connectivity index (χ0v) is 23.0. The highest BCUT2D eigenvalue weighted by Gasteiger charge is 2.37. The molecule has 0 aliphatic rings. The van der Waals surface area contributed by atoms with E-state index in [-0.39, 0.29) is 23.6 Å². The first-order valence-corrected chi connectivity index (χ1v) is 14.5. The number of carbonyl (C=O) groups excluding carboxylic acids is 1. The van der Waals surface area contributed by atoms with Crippen molar-refractivity contribution < 1.29 is 31.1 Å². The first-order valence-electron chi connectivity index (χ1n) is 13.0. The van der Waals surface area contributed by atoms with Gasteiger partial charge in [-0.15, -0.1) is 0 Å². The maximum atomic E-state index is 13.7. The molecule has 0 spiro atoms. The van der Waals surface area contributed by atoms with Crippen molar-refractivity contribution in [2.75, 3.05) is 6.61 Å². The number of nitrogens with one attached hydrogen (secondary N) is 1. The third-order valence-corrected chi connectivity index (χ3v) is 7.71. The van der Waals surface area contributed by atoms with Gasteiger partial charge in [-0.25, -0.2) is 22.9 Å². The minimum Gasteiger partial charge on any atom is -0.449 e. The van der Waals surface area contributed by atoms with Crippen LogP contribution in [0.3, 0.4) is 0 Å². The molecule has 40 heavy (non-hydrogen) atoms. The summed E-state index contributed by atoms with van der Waals surface area (Å²) in [6.45, 7) is 3.94. The second-order valence-corrected chi connectivity index (χ2v) is 11.0. The number of amides is 1. The quantitative estimate of drug-likeness (QED) is 0.208. The highest BCUT2D eigenvalue weighted by Crippen LogP contribution is 2.33. The fourth-order valence-electron chi connectivity index (χ4n) is 4.41. The predicted molar refractivity (Wildman–Crippen MR) is 146 cm³/mol. The summed E-state index contributed by atoms with van der Waals surface area (Å²) >= 11 is 0. The number of fused-ring (bicyclic) bond motifs is 1. The van der Waals surface area contributed by atoms with E-state index >= 15 is 0 Å². The number of imidazole rings is 1. The lowest BCUT2D eigenvalue weighted by atomic mass is 10.00. The van der Waals surface area contributed by atoms with Gasteiger partial charge in [0.15, 0.2) is 0 Å². The molecular formula is C29H30F3N3O4S. The van der Waals surface area contributed by atoms with Gasteiger partial charge in [0, 0.05) is 12.1 Å². The van der Waals surface area contributed by atoms with Crippen LogP contribution in [0.2, 0.25) is 0 Å². The van der Waals surface area contributed by atoms with Crippen LogP contribution in [0.25, 0.3) is 22.2 Å². The number of aromatic nitrogens is 2.